The summed E-state index contributed by atoms with van der Waals surface area (Å²) in [4.78, 5) is 37.5. The predicted molar refractivity (Wildman–Crippen MR) is 92.7 cm³/mol. The number of thioether (sulfide) groups is 1. The van der Waals surface area contributed by atoms with Crippen LogP contribution < -0.4 is 5.32 Å². The smallest absolute Gasteiger partial charge is 0.312 e. The van der Waals surface area contributed by atoms with Crippen LogP contribution in [0.4, 0.5) is 0 Å². The fourth-order valence-corrected chi connectivity index (χ4v) is 3.80. The van der Waals surface area contributed by atoms with E-state index in [1.165, 1.54) is 11.8 Å². The average Bonchev–Trinajstić information content (AvgIpc) is 3.05. The number of aliphatic carboxylic acids is 1. The third kappa shape index (κ3) is 4.50. The fraction of sp³-hybridized carbons (Fsp3) is 0.471. The van der Waals surface area contributed by atoms with Crippen LogP contribution >= 0.6 is 11.8 Å². The summed E-state index contributed by atoms with van der Waals surface area (Å²) in [5.74, 6) is -1.04. The van der Waals surface area contributed by atoms with Crippen LogP contribution in [-0.4, -0.2) is 52.0 Å². The third-order valence-corrected chi connectivity index (χ3v) is 4.96. The topological polar surface area (TPSA) is 86.7 Å². The van der Waals surface area contributed by atoms with E-state index in [1.54, 1.807) is 29.2 Å². The van der Waals surface area contributed by atoms with E-state index in [-0.39, 0.29) is 18.4 Å². The standard InChI is InChI=1S/C17H22N2O4S/c1-2-6-15(20)19-11-24-10-14(19)16(21)18-9-13(17(22)23)12-7-4-3-5-8-12/h3-5,7-8,13-14H,2,6,9-11H2,1H3,(H,18,21)(H,22,23). The summed E-state index contributed by atoms with van der Waals surface area (Å²) in [6.07, 6.45) is 1.16. The van der Waals surface area contributed by atoms with Gasteiger partial charge in [0.25, 0.3) is 0 Å². The van der Waals surface area contributed by atoms with Gasteiger partial charge in [0, 0.05) is 18.7 Å². The van der Waals surface area contributed by atoms with E-state index in [1.807, 2.05) is 13.0 Å². The average molecular weight is 350 g/mol. The van der Waals surface area contributed by atoms with E-state index >= 15 is 0 Å². The van der Waals surface area contributed by atoms with Crippen molar-refractivity contribution in [1.29, 1.82) is 0 Å². The second-order valence-electron chi connectivity index (χ2n) is 5.68. The molecule has 130 valence electrons. The quantitative estimate of drug-likeness (QED) is 0.781. The van der Waals surface area contributed by atoms with Gasteiger partial charge in [0.05, 0.1) is 11.8 Å². The van der Waals surface area contributed by atoms with Crippen LogP contribution in [0, 0.1) is 0 Å². The van der Waals surface area contributed by atoms with Gasteiger partial charge in [-0.25, -0.2) is 0 Å². The van der Waals surface area contributed by atoms with Crippen molar-refractivity contribution < 1.29 is 19.5 Å². The van der Waals surface area contributed by atoms with Gasteiger partial charge in [0.1, 0.15) is 6.04 Å². The Hall–Kier alpha value is -2.02. The van der Waals surface area contributed by atoms with Gasteiger partial charge in [-0.3, -0.25) is 14.4 Å². The summed E-state index contributed by atoms with van der Waals surface area (Å²) >= 11 is 1.54. The van der Waals surface area contributed by atoms with Gasteiger partial charge in [-0.2, -0.15) is 0 Å². The number of nitrogens with zero attached hydrogens (tertiary/aromatic N) is 1. The normalized spacial score (nSPS) is 18.2. The van der Waals surface area contributed by atoms with Gasteiger partial charge in [-0.1, -0.05) is 37.3 Å². The molecule has 0 saturated carbocycles. The SMILES string of the molecule is CCCC(=O)N1CSCC1C(=O)NCC(C(=O)O)c1ccccc1. The summed E-state index contributed by atoms with van der Waals surface area (Å²) in [5, 5.41) is 12.1. The number of carbonyl (C=O) groups excluding carboxylic acids is 2. The minimum atomic E-state index is -0.985. The highest BCUT2D eigenvalue weighted by Crippen LogP contribution is 2.22. The first-order valence-corrected chi connectivity index (χ1v) is 9.12. The lowest BCUT2D eigenvalue weighted by Crippen LogP contribution is -2.48. The predicted octanol–water partition coefficient (Wildman–Crippen LogP) is 1.67. The molecule has 2 unspecified atom stereocenters. The number of carboxylic acid groups (broad SMARTS) is 1. The number of carboxylic acids is 1. The van der Waals surface area contributed by atoms with Crippen molar-refractivity contribution in [2.45, 2.75) is 31.7 Å². The largest absolute Gasteiger partial charge is 0.481 e. The molecule has 1 aromatic rings. The summed E-state index contributed by atoms with van der Waals surface area (Å²) < 4.78 is 0. The maximum atomic E-state index is 12.4. The molecule has 2 rings (SSSR count). The molecule has 0 aliphatic carbocycles. The highest BCUT2D eigenvalue weighted by molar-refractivity contribution is 7.99. The van der Waals surface area contributed by atoms with E-state index in [0.717, 1.165) is 6.42 Å². The lowest BCUT2D eigenvalue weighted by atomic mass is 9.99. The Morgan fingerprint density at radius 2 is 2.04 bits per heavy atom. The fourth-order valence-electron chi connectivity index (χ4n) is 2.62. The Labute approximate surface area is 145 Å². The first-order chi connectivity index (χ1) is 11.5. The number of amides is 2. The molecule has 0 bridgehead atoms. The molecule has 0 aromatic heterocycles. The van der Waals surface area contributed by atoms with Gasteiger partial charge in [-0.15, -0.1) is 11.8 Å². The number of hydrogen-bond donors (Lipinski definition) is 2. The van der Waals surface area contributed by atoms with Crippen LogP contribution in [-0.2, 0) is 14.4 Å². The number of benzene rings is 1. The van der Waals surface area contributed by atoms with E-state index < -0.39 is 17.9 Å². The number of nitrogens with one attached hydrogen (secondary N) is 1. The molecule has 1 heterocycles. The van der Waals surface area contributed by atoms with E-state index in [4.69, 9.17) is 0 Å². The van der Waals surface area contributed by atoms with Crippen molar-refractivity contribution in [2.75, 3.05) is 18.2 Å². The minimum absolute atomic E-state index is 0.00908. The van der Waals surface area contributed by atoms with E-state index in [2.05, 4.69) is 5.32 Å². The minimum Gasteiger partial charge on any atom is -0.481 e. The lowest BCUT2D eigenvalue weighted by molar-refractivity contribution is -0.140. The van der Waals surface area contributed by atoms with Gasteiger partial charge in [0.15, 0.2) is 0 Å². The number of carbonyl (C=O) groups is 3. The molecule has 1 aliphatic heterocycles. The van der Waals surface area contributed by atoms with Crippen LogP contribution in [0.15, 0.2) is 30.3 Å². The molecule has 2 atom stereocenters. The van der Waals surface area contributed by atoms with Crippen molar-refractivity contribution in [3.05, 3.63) is 35.9 Å². The highest BCUT2D eigenvalue weighted by Gasteiger charge is 2.34. The summed E-state index contributed by atoms with van der Waals surface area (Å²) in [6, 6.07) is 8.30. The zero-order chi connectivity index (χ0) is 17.5. The van der Waals surface area contributed by atoms with E-state index in [0.29, 0.717) is 23.6 Å². The number of rotatable bonds is 7. The molecule has 1 saturated heterocycles. The first-order valence-electron chi connectivity index (χ1n) is 7.97. The molecular formula is C17H22N2O4S. The first kappa shape index (κ1) is 18.3. The maximum Gasteiger partial charge on any atom is 0.312 e. The molecule has 0 radical (unpaired) electrons. The molecule has 24 heavy (non-hydrogen) atoms. The molecule has 6 nitrogen and oxygen atoms in total. The van der Waals surface area contributed by atoms with Gasteiger partial charge >= 0.3 is 5.97 Å². The Morgan fingerprint density at radius 3 is 2.67 bits per heavy atom. The summed E-state index contributed by atoms with van der Waals surface area (Å²) in [7, 11) is 0. The summed E-state index contributed by atoms with van der Waals surface area (Å²) in [6.45, 7) is 1.93. The third-order valence-electron chi connectivity index (χ3n) is 3.95. The second-order valence-corrected chi connectivity index (χ2v) is 6.68. The van der Waals surface area contributed by atoms with Crippen molar-refractivity contribution in [1.82, 2.24) is 10.2 Å². The number of hydrogen-bond acceptors (Lipinski definition) is 4. The van der Waals surface area contributed by atoms with Crippen LogP contribution in [0.3, 0.4) is 0 Å². The van der Waals surface area contributed by atoms with Crippen LogP contribution in [0.25, 0.3) is 0 Å². The van der Waals surface area contributed by atoms with Crippen molar-refractivity contribution in [3.63, 3.8) is 0 Å². The zero-order valence-corrected chi connectivity index (χ0v) is 14.4. The van der Waals surface area contributed by atoms with Gasteiger partial charge in [-0.05, 0) is 12.0 Å². The Balaban J connectivity index is 1.98. The zero-order valence-electron chi connectivity index (χ0n) is 13.6. The molecule has 1 fully saturated rings. The van der Waals surface area contributed by atoms with Crippen LogP contribution in [0.5, 0.6) is 0 Å². The summed E-state index contributed by atoms with van der Waals surface area (Å²) in [5.41, 5.74) is 0.644. The lowest BCUT2D eigenvalue weighted by Gasteiger charge is -2.23. The Bertz CT molecular complexity index is 594. The Kier molecular flexibility index (Phi) is 6.66. The van der Waals surface area contributed by atoms with Crippen molar-refractivity contribution >= 4 is 29.5 Å². The van der Waals surface area contributed by atoms with Crippen LogP contribution in [0.2, 0.25) is 0 Å². The highest BCUT2D eigenvalue weighted by atomic mass is 32.2. The van der Waals surface area contributed by atoms with E-state index in [9.17, 15) is 19.5 Å². The molecule has 1 aromatic carbocycles. The molecular weight excluding hydrogens is 328 g/mol. The van der Waals surface area contributed by atoms with Crippen molar-refractivity contribution in [2.24, 2.45) is 0 Å². The maximum absolute atomic E-state index is 12.4. The van der Waals surface area contributed by atoms with Gasteiger partial charge in [0.2, 0.25) is 11.8 Å². The van der Waals surface area contributed by atoms with Gasteiger partial charge < -0.3 is 15.3 Å². The molecule has 2 N–H and O–H groups in total. The molecule has 2 amide bonds. The molecule has 1 aliphatic rings. The second kappa shape index (κ2) is 8.73. The van der Waals surface area contributed by atoms with Crippen LogP contribution in [0.1, 0.15) is 31.2 Å². The van der Waals surface area contributed by atoms with Crippen molar-refractivity contribution in [3.8, 4) is 0 Å². The Morgan fingerprint density at radius 1 is 1.33 bits per heavy atom. The monoisotopic (exact) mass is 350 g/mol. The molecule has 0 spiro atoms. The molecule has 7 heteroatoms.